The quantitative estimate of drug-likeness (QED) is 0.235. The molecule has 8 nitrogen and oxygen atoms in total. The summed E-state index contributed by atoms with van der Waals surface area (Å²) in [6, 6.07) is 23.7. The fraction of sp³-hybridized carbons (Fsp3) is 0.290. The Morgan fingerprint density at radius 1 is 0.744 bits per heavy atom. The molecular weight excluding hydrogens is 500 g/mol. The Balaban J connectivity index is 1.47. The average molecular weight is 535 g/mol. The molecule has 0 aromatic heterocycles. The Bertz CT molecular complexity index is 1200. The molecule has 0 radical (unpaired) electrons. The lowest BCUT2D eigenvalue weighted by Gasteiger charge is -2.26. The normalized spacial score (nSPS) is 12.6. The molecule has 0 saturated heterocycles. The number of hydrogen-bond donors (Lipinski definition) is 2. The first-order chi connectivity index (χ1) is 18.7. The van der Waals surface area contributed by atoms with Crippen LogP contribution in [0.1, 0.15) is 35.3 Å². The van der Waals surface area contributed by atoms with Gasteiger partial charge in [-0.25, -0.2) is 9.59 Å². The molecule has 0 saturated carbocycles. The van der Waals surface area contributed by atoms with E-state index in [9.17, 15) is 19.8 Å². The summed E-state index contributed by atoms with van der Waals surface area (Å²) >= 11 is 0. The molecule has 0 bridgehead atoms. The summed E-state index contributed by atoms with van der Waals surface area (Å²) in [5.41, 5.74) is 2.22. The van der Waals surface area contributed by atoms with E-state index in [4.69, 9.17) is 18.9 Å². The van der Waals surface area contributed by atoms with E-state index in [2.05, 4.69) is 20.4 Å². The topological polar surface area (TPSA) is 112 Å². The van der Waals surface area contributed by atoms with Crippen molar-refractivity contribution in [3.05, 3.63) is 108 Å². The highest BCUT2D eigenvalue weighted by atomic mass is 16.6. The molecular formula is C31H34O8. The van der Waals surface area contributed by atoms with E-state index in [1.807, 2.05) is 54.6 Å². The molecule has 3 aromatic rings. The zero-order valence-electron chi connectivity index (χ0n) is 22.1. The second-order valence-corrected chi connectivity index (χ2v) is 9.40. The van der Waals surface area contributed by atoms with Crippen molar-refractivity contribution in [3.8, 4) is 11.5 Å². The van der Waals surface area contributed by atoms with E-state index in [1.54, 1.807) is 24.3 Å². The van der Waals surface area contributed by atoms with Crippen molar-refractivity contribution in [3.63, 3.8) is 0 Å². The van der Waals surface area contributed by atoms with Crippen LogP contribution >= 0.6 is 0 Å². The Hall–Kier alpha value is -4.14. The smallest absolute Gasteiger partial charge is 0.338 e. The number of carbonyl (C=O) groups is 2. The Labute approximate surface area is 228 Å². The van der Waals surface area contributed by atoms with Crippen LogP contribution in [0.4, 0.5) is 0 Å². The van der Waals surface area contributed by atoms with Crippen molar-refractivity contribution in [2.75, 3.05) is 26.4 Å². The summed E-state index contributed by atoms with van der Waals surface area (Å²) in [5.74, 6) is 0.0778. The molecule has 2 atom stereocenters. The molecule has 0 aliphatic heterocycles. The van der Waals surface area contributed by atoms with Gasteiger partial charge in [0.1, 0.15) is 50.1 Å². The lowest BCUT2D eigenvalue weighted by Crippen LogP contribution is -2.25. The zero-order valence-corrected chi connectivity index (χ0v) is 22.1. The molecule has 39 heavy (non-hydrogen) atoms. The highest BCUT2D eigenvalue weighted by Gasteiger charge is 2.23. The number of aliphatic hydroxyl groups excluding tert-OH is 2. The van der Waals surface area contributed by atoms with Gasteiger partial charge in [0.2, 0.25) is 0 Å². The summed E-state index contributed by atoms with van der Waals surface area (Å²) in [6.45, 7) is 7.13. The van der Waals surface area contributed by atoms with Crippen LogP contribution in [-0.2, 0) is 19.7 Å². The lowest BCUT2D eigenvalue weighted by molar-refractivity contribution is -0.141. The van der Waals surface area contributed by atoms with Crippen LogP contribution in [0.15, 0.2) is 91.5 Å². The van der Waals surface area contributed by atoms with Gasteiger partial charge < -0.3 is 29.2 Å². The molecule has 0 amide bonds. The third kappa shape index (κ3) is 8.98. The summed E-state index contributed by atoms with van der Waals surface area (Å²) in [7, 11) is 0. The minimum atomic E-state index is -0.960. The van der Waals surface area contributed by atoms with E-state index in [0.29, 0.717) is 17.1 Å². The molecule has 0 aliphatic carbocycles. The van der Waals surface area contributed by atoms with Crippen LogP contribution in [0.25, 0.3) is 0 Å². The third-order valence-electron chi connectivity index (χ3n) is 6.04. The molecule has 0 heterocycles. The maximum atomic E-state index is 12.0. The molecule has 8 heteroatoms. The maximum absolute atomic E-state index is 12.0. The van der Waals surface area contributed by atoms with Crippen LogP contribution in [0.5, 0.6) is 11.5 Å². The SMILES string of the molecule is C=CC(=O)OCC(O)COc1ccc(C(C)(C)c2ccc(OCC(O)COC(=O)c3ccccc3)cc2)cc1. The predicted molar refractivity (Wildman–Crippen MR) is 146 cm³/mol. The van der Waals surface area contributed by atoms with Crippen molar-refractivity contribution in [1.29, 1.82) is 0 Å². The number of esters is 2. The lowest BCUT2D eigenvalue weighted by atomic mass is 9.78. The number of carbonyl (C=O) groups excluding carboxylic acids is 2. The number of benzene rings is 3. The molecule has 206 valence electrons. The second-order valence-electron chi connectivity index (χ2n) is 9.40. The average Bonchev–Trinajstić information content (AvgIpc) is 2.97. The van der Waals surface area contributed by atoms with Crippen molar-refractivity contribution in [1.82, 2.24) is 0 Å². The largest absolute Gasteiger partial charge is 0.491 e. The van der Waals surface area contributed by atoms with Gasteiger partial charge in [-0.1, -0.05) is 62.9 Å². The first-order valence-electron chi connectivity index (χ1n) is 12.5. The molecule has 0 aliphatic rings. The van der Waals surface area contributed by atoms with E-state index in [1.165, 1.54) is 0 Å². The molecule has 2 N–H and O–H groups in total. The maximum Gasteiger partial charge on any atom is 0.338 e. The van der Waals surface area contributed by atoms with Crippen LogP contribution in [0.3, 0.4) is 0 Å². The van der Waals surface area contributed by atoms with E-state index in [-0.39, 0.29) is 31.8 Å². The summed E-state index contributed by atoms with van der Waals surface area (Å²) in [4.78, 5) is 23.1. The number of rotatable bonds is 14. The summed E-state index contributed by atoms with van der Waals surface area (Å²) in [5, 5.41) is 20.0. The standard InChI is InChI=1S/C31H34O8/c1-4-29(34)38-20-25(32)18-36-27-14-10-23(11-15-27)31(2,3)24-12-16-28(17-13-24)37-19-26(33)21-39-30(35)22-8-6-5-7-9-22/h4-17,25-26,32-33H,1,18-21H2,2-3H3. The van der Waals surface area contributed by atoms with Gasteiger partial charge in [-0.2, -0.15) is 0 Å². The molecule has 3 rings (SSSR count). The minimum absolute atomic E-state index is 0.0151. The van der Waals surface area contributed by atoms with Crippen molar-refractivity contribution < 1.29 is 38.7 Å². The number of hydrogen-bond acceptors (Lipinski definition) is 8. The van der Waals surface area contributed by atoms with Gasteiger partial charge in [0.25, 0.3) is 0 Å². The Kier molecular flexibility index (Phi) is 10.7. The first kappa shape index (κ1) is 29.4. The Morgan fingerprint density at radius 2 is 1.21 bits per heavy atom. The minimum Gasteiger partial charge on any atom is -0.491 e. The van der Waals surface area contributed by atoms with Gasteiger partial charge in [0.05, 0.1) is 5.56 Å². The van der Waals surface area contributed by atoms with E-state index >= 15 is 0 Å². The molecule has 0 fully saturated rings. The van der Waals surface area contributed by atoms with Crippen molar-refractivity contribution in [2.24, 2.45) is 0 Å². The fourth-order valence-corrected chi connectivity index (χ4v) is 3.65. The van der Waals surface area contributed by atoms with Gasteiger partial charge in [-0.05, 0) is 47.5 Å². The van der Waals surface area contributed by atoms with Crippen molar-refractivity contribution in [2.45, 2.75) is 31.5 Å². The highest BCUT2D eigenvalue weighted by molar-refractivity contribution is 5.89. The zero-order chi connectivity index (χ0) is 28.3. The number of aliphatic hydroxyl groups is 2. The van der Waals surface area contributed by atoms with Crippen molar-refractivity contribution >= 4 is 11.9 Å². The highest BCUT2D eigenvalue weighted by Crippen LogP contribution is 2.33. The van der Waals surface area contributed by atoms with Gasteiger partial charge in [-0.3, -0.25) is 0 Å². The Morgan fingerprint density at radius 3 is 1.67 bits per heavy atom. The van der Waals surface area contributed by atoms with Crippen LogP contribution in [0.2, 0.25) is 0 Å². The van der Waals surface area contributed by atoms with Gasteiger partial charge in [-0.15, -0.1) is 0 Å². The molecule has 2 unspecified atom stereocenters. The van der Waals surface area contributed by atoms with Crippen LogP contribution < -0.4 is 9.47 Å². The van der Waals surface area contributed by atoms with Crippen LogP contribution in [-0.4, -0.2) is 60.8 Å². The summed E-state index contributed by atoms with van der Waals surface area (Å²) < 4.78 is 21.2. The summed E-state index contributed by atoms with van der Waals surface area (Å²) in [6.07, 6.45) is -0.873. The fourth-order valence-electron chi connectivity index (χ4n) is 3.65. The number of ether oxygens (including phenoxy) is 4. The van der Waals surface area contributed by atoms with Gasteiger partial charge in [0.15, 0.2) is 0 Å². The monoisotopic (exact) mass is 534 g/mol. The third-order valence-corrected chi connectivity index (χ3v) is 6.04. The van der Waals surface area contributed by atoms with Crippen LogP contribution in [0, 0.1) is 0 Å². The van der Waals surface area contributed by atoms with Gasteiger partial charge in [0, 0.05) is 11.5 Å². The second kappa shape index (κ2) is 14.1. The van der Waals surface area contributed by atoms with Gasteiger partial charge >= 0.3 is 11.9 Å². The van der Waals surface area contributed by atoms with E-state index in [0.717, 1.165) is 17.2 Å². The molecule has 3 aromatic carbocycles. The van der Waals surface area contributed by atoms with E-state index < -0.39 is 24.1 Å². The first-order valence-corrected chi connectivity index (χ1v) is 12.5. The predicted octanol–water partition coefficient (Wildman–Crippen LogP) is 4.08. The molecule has 0 spiro atoms.